The second-order valence-electron chi connectivity index (χ2n) is 3.05. The second-order valence-corrected chi connectivity index (χ2v) is 3.05. The van der Waals surface area contributed by atoms with E-state index < -0.39 is 17.4 Å². The highest BCUT2D eigenvalue weighted by atomic mass is 16.7. The first-order chi connectivity index (χ1) is 6.46. The topological polar surface area (TPSA) is 107 Å². The molecule has 0 heterocycles. The number of carbonyl (C=O) groups excluding carboxylic acids is 2. The minimum absolute atomic E-state index is 0.352. The zero-order valence-electron chi connectivity index (χ0n) is 8.50. The van der Waals surface area contributed by atoms with Gasteiger partial charge in [0.1, 0.15) is 0 Å². The molecule has 2 amide bonds. The summed E-state index contributed by atoms with van der Waals surface area (Å²) in [6, 6.07) is 0. The highest BCUT2D eigenvalue weighted by Gasteiger charge is 2.30. The summed E-state index contributed by atoms with van der Waals surface area (Å²) in [5.41, 5.74) is 11.7. The Morgan fingerprint density at radius 1 is 1.36 bits per heavy atom. The minimum atomic E-state index is -0.947. The number of primary amides is 1. The number of hydroxylamine groups is 1. The standard InChI is InChI=1S/C8H17N3O3/c1-3-8(10,4-2)7(13)11-14-5-6(9)12/h3-5,10H2,1-2H3,(H2,9,12)(H,11,13). The molecule has 5 N–H and O–H groups in total. The van der Waals surface area contributed by atoms with E-state index in [1.807, 2.05) is 0 Å². The molecule has 0 aromatic heterocycles. The third-order valence-corrected chi connectivity index (χ3v) is 2.09. The molecule has 0 saturated heterocycles. The van der Waals surface area contributed by atoms with Gasteiger partial charge in [-0.2, -0.15) is 0 Å². The van der Waals surface area contributed by atoms with Gasteiger partial charge in [0.2, 0.25) is 5.91 Å². The van der Waals surface area contributed by atoms with Gasteiger partial charge in [0.05, 0.1) is 5.54 Å². The van der Waals surface area contributed by atoms with Gasteiger partial charge in [-0.25, -0.2) is 5.48 Å². The van der Waals surface area contributed by atoms with Gasteiger partial charge in [-0.05, 0) is 12.8 Å². The summed E-state index contributed by atoms with van der Waals surface area (Å²) in [7, 11) is 0. The lowest BCUT2D eigenvalue weighted by Crippen LogP contribution is -2.53. The van der Waals surface area contributed by atoms with Crippen molar-refractivity contribution >= 4 is 11.8 Å². The normalized spacial score (nSPS) is 11.1. The molecule has 82 valence electrons. The first-order valence-electron chi connectivity index (χ1n) is 4.45. The van der Waals surface area contributed by atoms with E-state index in [0.29, 0.717) is 12.8 Å². The Hall–Kier alpha value is -1.14. The molecule has 14 heavy (non-hydrogen) atoms. The van der Waals surface area contributed by atoms with E-state index in [9.17, 15) is 9.59 Å². The molecule has 0 bridgehead atoms. The van der Waals surface area contributed by atoms with E-state index >= 15 is 0 Å². The van der Waals surface area contributed by atoms with Crippen LogP contribution >= 0.6 is 0 Å². The Balaban J connectivity index is 4.00. The zero-order valence-corrected chi connectivity index (χ0v) is 8.50. The van der Waals surface area contributed by atoms with Gasteiger partial charge in [-0.3, -0.25) is 14.4 Å². The predicted octanol–water partition coefficient (Wildman–Crippen LogP) is -0.963. The van der Waals surface area contributed by atoms with Crippen LogP contribution in [-0.4, -0.2) is 24.0 Å². The molecule has 0 unspecified atom stereocenters. The van der Waals surface area contributed by atoms with Gasteiger partial charge in [-0.1, -0.05) is 13.8 Å². The van der Waals surface area contributed by atoms with Crippen molar-refractivity contribution in [1.29, 1.82) is 0 Å². The average Bonchev–Trinajstić information content (AvgIpc) is 2.15. The van der Waals surface area contributed by atoms with Crippen LogP contribution in [0, 0.1) is 0 Å². The lowest BCUT2D eigenvalue weighted by molar-refractivity contribution is -0.142. The van der Waals surface area contributed by atoms with Crippen LogP contribution in [0.3, 0.4) is 0 Å². The Kier molecular flexibility index (Phi) is 5.11. The molecule has 6 nitrogen and oxygen atoms in total. The third-order valence-electron chi connectivity index (χ3n) is 2.09. The van der Waals surface area contributed by atoms with E-state index in [2.05, 4.69) is 10.3 Å². The van der Waals surface area contributed by atoms with Crippen molar-refractivity contribution in [1.82, 2.24) is 5.48 Å². The van der Waals surface area contributed by atoms with E-state index in [0.717, 1.165) is 0 Å². The smallest absolute Gasteiger partial charge is 0.263 e. The van der Waals surface area contributed by atoms with Crippen molar-refractivity contribution in [3.05, 3.63) is 0 Å². The second kappa shape index (κ2) is 5.56. The summed E-state index contributed by atoms with van der Waals surface area (Å²) in [5, 5.41) is 0. The van der Waals surface area contributed by atoms with Gasteiger partial charge in [0, 0.05) is 0 Å². The molecule has 0 spiro atoms. The van der Waals surface area contributed by atoms with Crippen molar-refractivity contribution in [2.45, 2.75) is 32.2 Å². The number of hydrogen-bond donors (Lipinski definition) is 3. The molecular weight excluding hydrogens is 186 g/mol. The van der Waals surface area contributed by atoms with E-state index in [1.165, 1.54) is 0 Å². The molecule has 0 aliphatic rings. The Morgan fingerprint density at radius 3 is 2.21 bits per heavy atom. The Labute approximate surface area is 82.9 Å². The van der Waals surface area contributed by atoms with Crippen LogP contribution in [0.4, 0.5) is 0 Å². The van der Waals surface area contributed by atoms with E-state index in [-0.39, 0.29) is 6.61 Å². The van der Waals surface area contributed by atoms with Crippen molar-refractivity contribution < 1.29 is 14.4 Å². The fourth-order valence-electron chi connectivity index (χ4n) is 0.846. The van der Waals surface area contributed by atoms with Crippen LogP contribution in [0.25, 0.3) is 0 Å². The molecule has 0 rings (SSSR count). The van der Waals surface area contributed by atoms with Crippen molar-refractivity contribution in [3.8, 4) is 0 Å². The van der Waals surface area contributed by atoms with Gasteiger partial charge in [0.15, 0.2) is 6.61 Å². The van der Waals surface area contributed by atoms with Crippen LogP contribution in [0.1, 0.15) is 26.7 Å². The van der Waals surface area contributed by atoms with Crippen LogP contribution in [-0.2, 0) is 14.4 Å². The number of nitrogens with one attached hydrogen (secondary N) is 1. The molecular formula is C8H17N3O3. The van der Waals surface area contributed by atoms with E-state index in [1.54, 1.807) is 13.8 Å². The predicted molar refractivity (Wildman–Crippen MR) is 50.8 cm³/mol. The third kappa shape index (κ3) is 3.71. The number of amides is 2. The summed E-state index contributed by atoms with van der Waals surface area (Å²) in [6.45, 7) is 3.25. The molecule has 0 aliphatic carbocycles. The summed E-state index contributed by atoms with van der Waals surface area (Å²) in [4.78, 5) is 26.2. The highest BCUT2D eigenvalue weighted by molar-refractivity contribution is 5.85. The summed E-state index contributed by atoms with van der Waals surface area (Å²) >= 11 is 0. The van der Waals surface area contributed by atoms with Gasteiger partial charge in [0.25, 0.3) is 5.91 Å². The van der Waals surface area contributed by atoms with E-state index in [4.69, 9.17) is 11.5 Å². The monoisotopic (exact) mass is 203 g/mol. The lowest BCUT2D eigenvalue weighted by Gasteiger charge is -2.24. The lowest BCUT2D eigenvalue weighted by atomic mass is 9.94. The molecule has 0 radical (unpaired) electrons. The minimum Gasteiger partial charge on any atom is -0.368 e. The molecule has 0 atom stereocenters. The van der Waals surface area contributed by atoms with Gasteiger partial charge in [-0.15, -0.1) is 0 Å². The maximum absolute atomic E-state index is 11.4. The molecule has 0 aromatic rings. The first-order valence-corrected chi connectivity index (χ1v) is 4.45. The van der Waals surface area contributed by atoms with Gasteiger partial charge >= 0.3 is 0 Å². The number of rotatable bonds is 6. The number of hydrogen-bond acceptors (Lipinski definition) is 4. The molecule has 0 aromatic carbocycles. The fraction of sp³-hybridized carbons (Fsp3) is 0.750. The summed E-state index contributed by atoms with van der Waals surface area (Å²) < 4.78 is 0. The quantitative estimate of drug-likeness (QED) is 0.483. The number of nitrogens with two attached hydrogens (primary N) is 2. The Morgan fingerprint density at radius 2 is 1.86 bits per heavy atom. The largest absolute Gasteiger partial charge is 0.368 e. The van der Waals surface area contributed by atoms with Crippen LogP contribution in [0.15, 0.2) is 0 Å². The molecule has 0 fully saturated rings. The zero-order chi connectivity index (χ0) is 11.2. The average molecular weight is 203 g/mol. The summed E-state index contributed by atoms with van der Waals surface area (Å²) in [6.07, 6.45) is 0.991. The van der Waals surface area contributed by atoms with Crippen molar-refractivity contribution in [2.24, 2.45) is 11.5 Å². The van der Waals surface area contributed by atoms with Crippen LogP contribution in [0.2, 0.25) is 0 Å². The maximum Gasteiger partial charge on any atom is 0.263 e. The van der Waals surface area contributed by atoms with Crippen LogP contribution in [0.5, 0.6) is 0 Å². The molecule has 6 heteroatoms. The Bertz CT molecular complexity index is 214. The molecule has 0 aliphatic heterocycles. The first kappa shape index (κ1) is 12.9. The van der Waals surface area contributed by atoms with Crippen molar-refractivity contribution in [3.63, 3.8) is 0 Å². The van der Waals surface area contributed by atoms with Crippen LogP contribution < -0.4 is 16.9 Å². The number of carbonyl (C=O) groups is 2. The molecule has 0 saturated carbocycles. The maximum atomic E-state index is 11.4. The SMILES string of the molecule is CCC(N)(CC)C(=O)NOCC(N)=O. The van der Waals surface area contributed by atoms with Crippen molar-refractivity contribution in [2.75, 3.05) is 6.61 Å². The summed E-state index contributed by atoms with van der Waals surface area (Å²) in [5.74, 6) is -1.09. The van der Waals surface area contributed by atoms with Gasteiger partial charge < -0.3 is 11.5 Å². The highest BCUT2D eigenvalue weighted by Crippen LogP contribution is 2.10. The fourth-order valence-corrected chi connectivity index (χ4v) is 0.846.